The Bertz CT molecular complexity index is 1210. The fraction of sp³-hybridized carbons (Fsp3) is 0.125. The quantitative estimate of drug-likeness (QED) is 0.437. The molecule has 0 bridgehead atoms. The van der Waals surface area contributed by atoms with Crippen molar-refractivity contribution in [3.8, 4) is 16.9 Å². The number of carbonyl (C=O) groups excluding carboxylic acids is 3. The van der Waals surface area contributed by atoms with Gasteiger partial charge >= 0.3 is 6.03 Å². The fourth-order valence-electron chi connectivity index (χ4n) is 3.29. The van der Waals surface area contributed by atoms with Crippen molar-refractivity contribution in [3.63, 3.8) is 0 Å². The van der Waals surface area contributed by atoms with Crippen LogP contribution in [0.2, 0.25) is 0 Å². The maximum atomic E-state index is 12.7. The van der Waals surface area contributed by atoms with Crippen LogP contribution in [0.4, 0.5) is 10.5 Å². The van der Waals surface area contributed by atoms with E-state index in [1.165, 1.54) is 11.3 Å². The van der Waals surface area contributed by atoms with Gasteiger partial charge in [0.1, 0.15) is 18.0 Å². The number of hydrogen-bond donors (Lipinski definition) is 2. The summed E-state index contributed by atoms with van der Waals surface area (Å²) in [6, 6.07) is 16.3. The Morgan fingerprint density at radius 3 is 2.62 bits per heavy atom. The predicted octanol–water partition coefficient (Wildman–Crippen LogP) is 4.26. The number of carbonyl (C=O) groups is 3. The van der Waals surface area contributed by atoms with Gasteiger partial charge in [-0.1, -0.05) is 24.3 Å². The Balaban J connectivity index is 1.44. The van der Waals surface area contributed by atoms with Crippen molar-refractivity contribution in [2.24, 2.45) is 0 Å². The molecule has 1 aliphatic heterocycles. The van der Waals surface area contributed by atoms with Crippen LogP contribution in [-0.4, -0.2) is 36.4 Å². The molecule has 7 nitrogen and oxygen atoms in total. The maximum absolute atomic E-state index is 12.7. The molecule has 2 aromatic carbocycles. The van der Waals surface area contributed by atoms with Gasteiger partial charge in [0.05, 0.1) is 7.11 Å². The second kappa shape index (κ2) is 9.07. The van der Waals surface area contributed by atoms with Gasteiger partial charge in [0.2, 0.25) is 5.91 Å². The van der Waals surface area contributed by atoms with E-state index in [-0.39, 0.29) is 12.2 Å². The van der Waals surface area contributed by atoms with Gasteiger partial charge in [-0.2, -0.15) is 0 Å². The van der Waals surface area contributed by atoms with Crippen molar-refractivity contribution < 1.29 is 19.1 Å². The molecule has 162 valence electrons. The maximum Gasteiger partial charge on any atom is 0.329 e. The van der Waals surface area contributed by atoms with Crippen LogP contribution in [-0.2, 0) is 9.59 Å². The Kier molecular flexibility index (Phi) is 6.04. The van der Waals surface area contributed by atoms with E-state index in [4.69, 9.17) is 4.74 Å². The minimum Gasteiger partial charge on any atom is -0.497 e. The molecule has 4 rings (SSSR count). The molecule has 1 aliphatic rings. The standard InChI is InChI=1S/C24H21N3O4S/c1-15-4-3-5-18(10-15)25-22(28)13-27-23(29)21(26-24(27)30)12-20-11-17(14-32-20)16-6-8-19(31-2)9-7-16/h3-12,14H,13H2,1-2H3,(H,25,28)(H,26,30). The molecule has 32 heavy (non-hydrogen) atoms. The van der Waals surface area contributed by atoms with Crippen LogP contribution in [0, 0.1) is 6.92 Å². The molecular weight excluding hydrogens is 426 g/mol. The van der Waals surface area contributed by atoms with E-state index >= 15 is 0 Å². The van der Waals surface area contributed by atoms with Crippen LogP contribution in [0.25, 0.3) is 17.2 Å². The lowest BCUT2D eigenvalue weighted by Gasteiger charge is -2.12. The number of benzene rings is 2. The third kappa shape index (κ3) is 4.70. The largest absolute Gasteiger partial charge is 0.497 e. The Morgan fingerprint density at radius 2 is 1.91 bits per heavy atom. The van der Waals surface area contributed by atoms with Crippen LogP contribution >= 0.6 is 11.3 Å². The number of hydrogen-bond acceptors (Lipinski definition) is 5. The number of anilines is 1. The molecule has 0 aliphatic carbocycles. The molecule has 4 amide bonds. The SMILES string of the molecule is COc1ccc(-c2csc(C=C3NC(=O)N(CC(=O)Nc4cccc(C)c4)C3=O)c2)cc1. The first kappa shape index (κ1) is 21.3. The number of imide groups is 1. The molecule has 1 fully saturated rings. The number of ether oxygens (including phenoxy) is 1. The zero-order valence-electron chi connectivity index (χ0n) is 17.5. The Hall–Kier alpha value is -3.91. The molecule has 1 saturated heterocycles. The second-order valence-electron chi connectivity index (χ2n) is 7.26. The van der Waals surface area contributed by atoms with Crippen molar-refractivity contribution in [1.29, 1.82) is 0 Å². The zero-order valence-corrected chi connectivity index (χ0v) is 18.4. The van der Waals surface area contributed by atoms with E-state index in [0.717, 1.165) is 32.2 Å². The van der Waals surface area contributed by atoms with Gasteiger partial charge in [-0.3, -0.25) is 9.59 Å². The fourth-order valence-corrected chi connectivity index (χ4v) is 4.14. The molecule has 2 heterocycles. The molecule has 0 atom stereocenters. The minimum atomic E-state index is -0.618. The van der Waals surface area contributed by atoms with E-state index in [0.29, 0.717) is 5.69 Å². The second-order valence-corrected chi connectivity index (χ2v) is 8.21. The van der Waals surface area contributed by atoms with E-state index in [2.05, 4.69) is 10.6 Å². The molecule has 0 radical (unpaired) electrons. The van der Waals surface area contributed by atoms with E-state index in [9.17, 15) is 14.4 Å². The lowest BCUT2D eigenvalue weighted by Crippen LogP contribution is -2.38. The summed E-state index contributed by atoms with van der Waals surface area (Å²) in [5, 5.41) is 7.23. The Morgan fingerprint density at radius 1 is 1.12 bits per heavy atom. The summed E-state index contributed by atoms with van der Waals surface area (Å²) in [5.41, 5.74) is 3.76. The predicted molar refractivity (Wildman–Crippen MR) is 124 cm³/mol. The molecule has 2 N–H and O–H groups in total. The number of thiophene rings is 1. The summed E-state index contributed by atoms with van der Waals surface area (Å²) in [4.78, 5) is 39.0. The van der Waals surface area contributed by atoms with E-state index in [1.54, 1.807) is 19.3 Å². The van der Waals surface area contributed by atoms with Crippen molar-refractivity contribution in [1.82, 2.24) is 10.2 Å². The summed E-state index contributed by atoms with van der Waals surface area (Å²) >= 11 is 1.45. The van der Waals surface area contributed by atoms with Crippen LogP contribution in [0.5, 0.6) is 5.75 Å². The van der Waals surface area contributed by atoms with Gasteiger partial charge in [0, 0.05) is 10.6 Å². The molecule has 1 aromatic heterocycles. The smallest absolute Gasteiger partial charge is 0.329 e. The van der Waals surface area contributed by atoms with Crippen molar-refractivity contribution >= 4 is 40.9 Å². The first-order valence-electron chi connectivity index (χ1n) is 9.87. The number of urea groups is 1. The average molecular weight is 448 g/mol. The molecule has 0 spiro atoms. The number of nitrogens with one attached hydrogen (secondary N) is 2. The molecule has 3 aromatic rings. The average Bonchev–Trinajstić information content (AvgIpc) is 3.34. The number of aryl methyl sites for hydroxylation is 1. The highest BCUT2D eigenvalue weighted by atomic mass is 32.1. The van der Waals surface area contributed by atoms with Gasteiger partial charge in [-0.25, -0.2) is 9.69 Å². The van der Waals surface area contributed by atoms with Crippen LogP contribution in [0.3, 0.4) is 0 Å². The topological polar surface area (TPSA) is 87.7 Å². The van der Waals surface area contributed by atoms with Crippen LogP contribution < -0.4 is 15.4 Å². The monoisotopic (exact) mass is 447 g/mol. The van der Waals surface area contributed by atoms with Crippen molar-refractivity contribution in [2.45, 2.75) is 6.92 Å². The summed E-state index contributed by atoms with van der Waals surface area (Å²) in [5.74, 6) is -0.204. The normalized spacial score (nSPS) is 14.6. The summed E-state index contributed by atoms with van der Waals surface area (Å²) in [7, 11) is 1.62. The number of nitrogens with zero attached hydrogens (tertiary/aromatic N) is 1. The Labute approximate surface area is 189 Å². The van der Waals surface area contributed by atoms with Gasteiger partial charge < -0.3 is 15.4 Å². The molecule has 0 saturated carbocycles. The highest BCUT2D eigenvalue weighted by Crippen LogP contribution is 2.29. The van der Waals surface area contributed by atoms with E-state index < -0.39 is 17.8 Å². The first-order chi connectivity index (χ1) is 15.4. The summed E-state index contributed by atoms with van der Waals surface area (Å²) in [6.45, 7) is 1.55. The lowest BCUT2D eigenvalue weighted by atomic mass is 10.1. The van der Waals surface area contributed by atoms with Gasteiger partial charge in [0.15, 0.2) is 0 Å². The number of methoxy groups -OCH3 is 1. The number of rotatable bonds is 6. The van der Waals surface area contributed by atoms with Crippen molar-refractivity contribution in [3.05, 3.63) is 76.1 Å². The highest BCUT2D eigenvalue weighted by Gasteiger charge is 2.35. The number of amides is 4. The molecule has 8 heteroatoms. The van der Waals surface area contributed by atoms with E-state index in [1.807, 2.05) is 60.8 Å². The van der Waals surface area contributed by atoms with Gasteiger partial charge in [-0.05, 0) is 65.4 Å². The summed E-state index contributed by atoms with van der Waals surface area (Å²) < 4.78 is 5.18. The lowest BCUT2D eigenvalue weighted by molar-refractivity contribution is -0.127. The molecular formula is C24H21N3O4S. The van der Waals surface area contributed by atoms with Crippen LogP contribution in [0.15, 0.2) is 65.7 Å². The molecule has 0 unspecified atom stereocenters. The first-order valence-corrected chi connectivity index (χ1v) is 10.7. The third-order valence-corrected chi connectivity index (χ3v) is 5.78. The van der Waals surface area contributed by atoms with Crippen LogP contribution in [0.1, 0.15) is 10.4 Å². The third-order valence-electron chi connectivity index (χ3n) is 4.90. The van der Waals surface area contributed by atoms with Crippen molar-refractivity contribution in [2.75, 3.05) is 19.0 Å². The summed E-state index contributed by atoms with van der Waals surface area (Å²) in [6.07, 6.45) is 1.62. The van der Waals surface area contributed by atoms with Gasteiger partial charge in [-0.15, -0.1) is 11.3 Å². The minimum absolute atomic E-state index is 0.140. The van der Waals surface area contributed by atoms with Gasteiger partial charge in [0.25, 0.3) is 5.91 Å². The highest BCUT2D eigenvalue weighted by molar-refractivity contribution is 7.11. The zero-order chi connectivity index (χ0) is 22.7.